The highest BCUT2D eigenvalue weighted by atomic mass is 16.6. The van der Waals surface area contributed by atoms with Gasteiger partial charge in [0.2, 0.25) is 0 Å². The average molecular weight is 273 g/mol. The minimum atomic E-state index is -1.29. The highest BCUT2D eigenvalue weighted by molar-refractivity contribution is 5.84. The predicted molar refractivity (Wildman–Crippen MR) is 69.0 cm³/mol. The molecule has 6 nitrogen and oxygen atoms in total. The number of carbonyl (C=O) groups is 2. The molecule has 2 atom stereocenters. The van der Waals surface area contributed by atoms with Gasteiger partial charge < -0.3 is 19.9 Å². The van der Waals surface area contributed by atoms with Gasteiger partial charge in [-0.2, -0.15) is 0 Å². The number of aliphatic carboxylic acids is 1. The Labute approximate surface area is 113 Å². The second-order valence-electron chi connectivity index (χ2n) is 5.87. The van der Waals surface area contributed by atoms with Crippen LogP contribution >= 0.6 is 0 Å². The van der Waals surface area contributed by atoms with E-state index in [1.807, 2.05) is 6.92 Å². The van der Waals surface area contributed by atoms with E-state index in [1.165, 1.54) is 0 Å². The highest BCUT2D eigenvalue weighted by Crippen LogP contribution is 2.27. The molecule has 1 saturated heterocycles. The molecule has 110 valence electrons. The van der Waals surface area contributed by atoms with E-state index in [4.69, 9.17) is 9.47 Å². The van der Waals surface area contributed by atoms with Crippen LogP contribution in [0.15, 0.2) is 0 Å². The number of hydrogen-bond donors (Lipinski definition) is 2. The number of carboxylic acid groups (broad SMARTS) is 1. The van der Waals surface area contributed by atoms with Gasteiger partial charge in [-0.25, -0.2) is 9.59 Å². The van der Waals surface area contributed by atoms with Gasteiger partial charge in [0.05, 0.1) is 6.10 Å². The van der Waals surface area contributed by atoms with E-state index in [-0.39, 0.29) is 18.9 Å². The van der Waals surface area contributed by atoms with Gasteiger partial charge in [-0.05, 0) is 27.2 Å². The molecule has 1 aliphatic rings. The summed E-state index contributed by atoms with van der Waals surface area (Å²) < 4.78 is 10.6. The molecule has 0 aliphatic carbocycles. The monoisotopic (exact) mass is 273 g/mol. The van der Waals surface area contributed by atoms with E-state index in [2.05, 4.69) is 5.32 Å². The van der Waals surface area contributed by atoms with Crippen molar-refractivity contribution in [1.29, 1.82) is 0 Å². The van der Waals surface area contributed by atoms with E-state index in [0.717, 1.165) is 0 Å². The molecule has 1 amide bonds. The summed E-state index contributed by atoms with van der Waals surface area (Å²) >= 11 is 0. The van der Waals surface area contributed by atoms with Crippen molar-refractivity contribution < 1.29 is 24.2 Å². The lowest BCUT2D eigenvalue weighted by molar-refractivity contribution is -0.152. The van der Waals surface area contributed by atoms with Gasteiger partial charge in [-0.3, -0.25) is 0 Å². The maximum Gasteiger partial charge on any atom is 0.408 e. The van der Waals surface area contributed by atoms with Crippen LogP contribution in [0.5, 0.6) is 0 Å². The quantitative estimate of drug-likeness (QED) is 0.820. The van der Waals surface area contributed by atoms with Gasteiger partial charge in [0.25, 0.3) is 0 Å². The molecular formula is C13H23NO5. The van der Waals surface area contributed by atoms with Crippen molar-refractivity contribution in [1.82, 2.24) is 5.32 Å². The Balaban J connectivity index is 2.77. The zero-order chi connectivity index (χ0) is 14.7. The second kappa shape index (κ2) is 5.77. The van der Waals surface area contributed by atoms with E-state index in [9.17, 15) is 14.7 Å². The Bertz CT molecular complexity index is 349. The second-order valence-corrected chi connectivity index (χ2v) is 5.87. The molecule has 19 heavy (non-hydrogen) atoms. The summed E-state index contributed by atoms with van der Waals surface area (Å²) in [5.74, 6) is -1.04. The minimum absolute atomic E-state index is 0.153. The Morgan fingerprint density at radius 2 is 2.11 bits per heavy atom. The lowest BCUT2D eigenvalue weighted by Crippen LogP contribution is -2.59. The van der Waals surface area contributed by atoms with Crippen molar-refractivity contribution in [2.45, 2.75) is 64.2 Å². The van der Waals surface area contributed by atoms with Gasteiger partial charge in [-0.15, -0.1) is 0 Å². The molecule has 1 aliphatic heterocycles. The minimum Gasteiger partial charge on any atom is -0.480 e. The third-order valence-electron chi connectivity index (χ3n) is 3.06. The van der Waals surface area contributed by atoms with E-state index < -0.39 is 23.2 Å². The van der Waals surface area contributed by atoms with Crippen molar-refractivity contribution in [3.8, 4) is 0 Å². The first-order valence-corrected chi connectivity index (χ1v) is 6.55. The third kappa shape index (κ3) is 4.38. The SMILES string of the molecule is CCC1CC(NC(=O)OC(C)(C)C)(C(=O)O)CCO1. The smallest absolute Gasteiger partial charge is 0.408 e. The number of alkyl carbamates (subject to hydrolysis) is 1. The lowest BCUT2D eigenvalue weighted by atomic mass is 9.86. The van der Waals surface area contributed by atoms with Crippen molar-refractivity contribution >= 4 is 12.1 Å². The van der Waals surface area contributed by atoms with Crippen LogP contribution in [0.4, 0.5) is 4.79 Å². The number of nitrogens with one attached hydrogen (secondary N) is 1. The van der Waals surface area contributed by atoms with Crippen molar-refractivity contribution in [2.75, 3.05) is 6.61 Å². The van der Waals surface area contributed by atoms with Crippen molar-refractivity contribution in [3.63, 3.8) is 0 Å². The fourth-order valence-electron chi connectivity index (χ4n) is 2.07. The van der Waals surface area contributed by atoms with Crippen LogP contribution in [0.2, 0.25) is 0 Å². The molecule has 0 spiro atoms. The molecule has 0 aromatic rings. The van der Waals surface area contributed by atoms with Crippen LogP contribution in [0.3, 0.4) is 0 Å². The topological polar surface area (TPSA) is 84.9 Å². The number of carboxylic acids is 1. The molecule has 1 heterocycles. The van der Waals surface area contributed by atoms with Crippen molar-refractivity contribution in [3.05, 3.63) is 0 Å². The Kier molecular flexibility index (Phi) is 4.79. The van der Waals surface area contributed by atoms with Crippen LogP contribution in [0.1, 0.15) is 47.0 Å². The molecule has 2 unspecified atom stereocenters. The first-order valence-electron chi connectivity index (χ1n) is 6.55. The molecule has 0 bridgehead atoms. The summed E-state index contributed by atoms with van der Waals surface area (Å²) in [5, 5.41) is 11.9. The van der Waals surface area contributed by atoms with Crippen LogP contribution < -0.4 is 5.32 Å². The summed E-state index contributed by atoms with van der Waals surface area (Å²) in [5.41, 5.74) is -1.94. The molecule has 6 heteroatoms. The van der Waals surface area contributed by atoms with Gasteiger partial charge in [-0.1, -0.05) is 6.92 Å². The number of amides is 1. The number of carbonyl (C=O) groups excluding carboxylic acids is 1. The maximum atomic E-state index is 11.8. The van der Waals surface area contributed by atoms with E-state index in [0.29, 0.717) is 13.0 Å². The fourth-order valence-corrected chi connectivity index (χ4v) is 2.07. The Morgan fingerprint density at radius 3 is 2.58 bits per heavy atom. The summed E-state index contributed by atoms with van der Waals surface area (Å²) in [6, 6.07) is 0. The normalized spacial score (nSPS) is 27.7. The van der Waals surface area contributed by atoms with E-state index >= 15 is 0 Å². The van der Waals surface area contributed by atoms with Gasteiger partial charge in [0, 0.05) is 19.4 Å². The molecule has 1 rings (SSSR count). The van der Waals surface area contributed by atoms with Gasteiger partial charge >= 0.3 is 12.1 Å². The fraction of sp³-hybridized carbons (Fsp3) is 0.846. The van der Waals surface area contributed by atoms with Crippen LogP contribution in [0.25, 0.3) is 0 Å². The number of hydrogen-bond acceptors (Lipinski definition) is 4. The zero-order valence-electron chi connectivity index (χ0n) is 12.0. The van der Waals surface area contributed by atoms with E-state index in [1.54, 1.807) is 20.8 Å². The standard InChI is InChI=1S/C13H23NO5/c1-5-9-8-13(10(15)16,6-7-18-9)14-11(17)19-12(2,3)4/h9H,5-8H2,1-4H3,(H,14,17)(H,15,16). The molecule has 1 fully saturated rings. The molecule has 0 saturated carbocycles. The molecule has 0 aromatic carbocycles. The maximum absolute atomic E-state index is 11.8. The van der Waals surface area contributed by atoms with Crippen LogP contribution in [-0.4, -0.2) is 41.0 Å². The Morgan fingerprint density at radius 1 is 1.47 bits per heavy atom. The largest absolute Gasteiger partial charge is 0.480 e. The van der Waals surface area contributed by atoms with Crippen molar-refractivity contribution in [2.24, 2.45) is 0 Å². The summed E-state index contributed by atoms with van der Waals surface area (Å²) in [6.45, 7) is 7.45. The Hall–Kier alpha value is -1.30. The lowest BCUT2D eigenvalue weighted by Gasteiger charge is -2.38. The first kappa shape index (κ1) is 15.8. The van der Waals surface area contributed by atoms with Crippen LogP contribution in [0, 0.1) is 0 Å². The average Bonchev–Trinajstić information content (AvgIpc) is 2.26. The predicted octanol–water partition coefficient (Wildman–Crippen LogP) is 1.92. The zero-order valence-corrected chi connectivity index (χ0v) is 12.0. The van der Waals surface area contributed by atoms with Crippen LogP contribution in [-0.2, 0) is 14.3 Å². The summed E-state index contributed by atoms with van der Waals surface area (Å²) in [6.07, 6.45) is 0.368. The molecule has 0 radical (unpaired) electrons. The molecule has 0 aromatic heterocycles. The number of ether oxygens (including phenoxy) is 2. The third-order valence-corrected chi connectivity index (χ3v) is 3.06. The summed E-state index contributed by atoms with van der Waals surface area (Å²) in [4.78, 5) is 23.3. The molecular weight excluding hydrogens is 250 g/mol. The number of rotatable bonds is 3. The first-order chi connectivity index (χ1) is 8.68. The van der Waals surface area contributed by atoms with Gasteiger partial charge in [0.1, 0.15) is 11.1 Å². The van der Waals surface area contributed by atoms with Gasteiger partial charge in [0.15, 0.2) is 0 Å². The highest BCUT2D eigenvalue weighted by Gasteiger charge is 2.45. The molecule has 2 N–H and O–H groups in total. The summed E-state index contributed by atoms with van der Waals surface area (Å²) in [7, 11) is 0.